The van der Waals surface area contributed by atoms with Gasteiger partial charge in [-0.1, -0.05) is 30.1 Å². The summed E-state index contributed by atoms with van der Waals surface area (Å²) >= 11 is 9.81. The van der Waals surface area contributed by atoms with E-state index in [-0.39, 0.29) is 0 Å². The molecule has 0 aliphatic carbocycles. The summed E-state index contributed by atoms with van der Waals surface area (Å²) in [5.41, 5.74) is 0. The first kappa shape index (κ1) is 7.51. The molecule has 3 heteroatoms. The van der Waals surface area contributed by atoms with Gasteiger partial charge in [-0.2, -0.15) is 0 Å². The van der Waals surface area contributed by atoms with Crippen molar-refractivity contribution in [3.8, 4) is 0 Å². The van der Waals surface area contributed by atoms with Crippen LogP contribution in [0.2, 0.25) is 0 Å². The topological polar surface area (TPSA) is 0 Å². The van der Waals surface area contributed by atoms with E-state index < -0.39 is 10.5 Å². The van der Waals surface area contributed by atoms with Crippen LogP contribution in [0.5, 0.6) is 0 Å². The van der Waals surface area contributed by atoms with Crippen LogP contribution in [0.3, 0.4) is 0 Å². The van der Waals surface area contributed by atoms with Crippen molar-refractivity contribution in [1.29, 1.82) is 0 Å². The molecule has 0 N–H and O–H groups in total. The quantitative estimate of drug-likeness (QED) is 0.496. The summed E-state index contributed by atoms with van der Waals surface area (Å²) in [5, 5.41) is 0. The third-order valence-corrected chi connectivity index (χ3v) is 1.30. The number of halogens is 3. The smallest absolute Gasteiger partial charge is 0.208 e. The predicted octanol–water partition coefficient (Wildman–Crippen LogP) is 2.56. The van der Waals surface area contributed by atoms with Crippen LogP contribution in [0, 0.1) is 12.8 Å². The van der Waals surface area contributed by atoms with Gasteiger partial charge in [-0.15, -0.1) is 0 Å². The minimum Gasteiger partial charge on any atom is -0.208 e. The van der Waals surface area contributed by atoms with Gasteiger partial charge >= 0.3 is 0 Å². The summed E-state index contributed by atoms with van der Waals surface area (Å²) in [6.07, 6.45) is 0. The molecule has 1 radical (unpaired) electrons. The highest BCUT2D eigenvalue weighted by molar-refractivity contribution is 6.47. The summed E-state index contributed by atoms with van der Waals surface area (Å²) in [7, 11) is 0. The molecule has 0 amide bonds. The Hall–Kier alpha value is 0.510. The minimum atomic E-state index is -2.17. The first-order valence-electron chi connectivity index (χ1n) is 1.84. The minimum absolute atomic E-state index is 0.587. The number of alkyl halides is 3. The lowest BCUT2D eigenvalue weighted by Crippen LogP contribution is -2.12. The monoisotopic (exact) mass is 143 g/mol. The lowest BCUT2D eigenvalue weighted by Gasteiger charge is -2.11. The van der Waals surface area contributed by atoms with Crippen LogP contribution in [0.15, 0.2) is 0 Å². The molecular weight excluding hydrogens is 138 g/mol. The summed E-state index contributed by atoms with van der Waals surface area (Å²) in [4.78, 5) is 0. The van der Waals surface area contributed by atoms with Crippen LogP contribution in [0.1, 0.15) is 6.92 Å². The van der Waals surface area contributed by atoms with Crippen LogP contribution in [-0.2, 0) is 0 Å². The van der Waals surface area contributed by atoms with E-state index in [4.69, 9.17) is 23.2 Å². The van der Waals surface area contributed by atoms with Crippen molar-refractivity contribution in [3.63, 3.8) is 0 Å². The van der Waals surface area contributed by atoms with Crippen LogP contribution in [0.4, 0.5) is 4.39 Å². The lowest BCUT2D eigenvalue weighted by atomic mass is 10.2. The molecule has 0 rings (SSSR count). The predicted molar refractivity (Wildman–Crippen MR) is 30.1 cm³/mol. The van der Waals surface area contributed by atoms with E-state index >= 15 is 0 Å². The summed E-state index contributed by atoms with van der Waals surface area (Å²) in [6, 6.07) is 0. The molecule has 0 saturated carbocycles. The fraction of sp³-hybridized carbons (Fsp3) is 0.750. The van der Waals surface area contributed by atoms with Gasteiger partial charge in [-0.3, -0.25) is 0 Å². The van der Waals surface area contributed by atoms with Gasteiger partial charge in [0.05, 0.1) is 0 Å². The van der Waals surface area contributed by atoms with Gasteiger partial charge in [0.15, 0.2) is 0 Å². The van der Waals surface area contributed by atoms with Crippen LogP contribution >= 0.6 is 23.2 Å². The molecule has 0 aliphatic rings. The van der Waals surface area contributed by atoms with Crippen molar-refractivity contribution < 1.29 is 4.39 Å². The second kappa shape index (κ2) is 2.19. The second-order valence-electron chi connectivity index (χ2n) is 1.44. The maximum Gasteiger partial charge on any atom is 0.259 e. The molecule has 0 aliphatic heterocycles. The maximum absolute atomic E-state index is 12.0. The summed E-state index contributed by atoms with van der Waals surface area (Å²) in [6.45, 7) is 4.77. The molecular formula is C4H6Cl2F. The van der Waals surface area contributed by atoms with Crippen molar-refractivity contribution in [2.75, 3.05) is 0 Å². The fourth-order valence-electron chi connectivity index (χ4n) is 0. The first-order valence-corrected chi connectivity index (χ1v) is 2.60. The van der Waals surface area contributed by atoms with Crippen molar-refractivity contribution in [3.05, 3.63) is 6.92 Å². The average molecular weight is 144 g/mol. The van der Waals surface area contributed by atoms with Gasteiger partial charge in [-0.25, -0.2) is 4.39 Å². The molecule has 43 valence electrons. The molecule has 0 saturated heterocycles. The molecule has 0 aromatic rings. The van der Waals surface area contributed by atoms with Crippen molar-refractivity contribution in [2.45, 2.75) is 11.5 Å². The first-order chi connectivity index (χ1) is 2.94. The number of hydrogen-bond acceptors (Lipinski definition) is 0. The highest BCUT2D eigenvalue weighted by Gasteiger charge is 2.26. The Bertz CT molecular complexity index is 55.2. The van der Waals surface area contributed by atoms with Crippen molar-refractivity contribution in [1.82, 2.24) is 0 Å². The average Bonchev–Trinajstić information content (AvgIpc) is 1.31. The molecule has 1 atom stereocenters. The largest absolute Gasteiger partial charge is 0.259 e. The van der Waals surface area contributed by atoms with Gasteiger partial charge in [0.1, 0.15) is 0 Å². The van der Waals surface area contributed by atoms with E-state index in [1.54, 1.807) is 0 Å². The molecule has 0 aromatic carbocycles. The zero-order valence-corrected chi connectivity index (χ0v) is 5.43. The molecule has 0 nitrogen and oxygen atoms in total. The molecule has 0 bridgehead atoms. The van der Waals surface area contributed by atoms with Gasteiger partial charge in [-0.05, 0) is 6.92 Å². The fourth-order valence-corrected chi connectivity index (χ4v) is 0. The van der Waals surface area contributed by atoms with E-state index in [2.05, 4.69) is 6.92 Å². The van der Waals surface area contributed by atoms with Gasteiger partial charge in [0, 0.05) is 5.92 Å². The molecule has 0 heterocycles. The SMILES string of the molecule is [CH2]C(C)C(F)(Cl)Cl. The van der Waals surface area contributed by atoms with Gasteiger partial charge in [0.2, 0.25) is 0 Å². The molecule has 0 spiro atoms. The Kier molecular flexibility index (Phi) is 2.34. The Labute approximate surface area is 52.6 Å². The Morgan fingerprint density at radius 2 is 1.86 bits per heavy atom. The molecule has 7 heavy (non-hydrogen) atoms. The van der Waals surface area contributed by atoms with Crippen molar-refractivity contribution in [2.24, 2.45) is 5.92 Å². The molecule has 0 aromatic heterocycles. The third kappa shape index (κ3) is 3.12. The van der Waals surface area contributed by atoms with E-state index in [0.29, 0.717) is 0 Å². The Morgan fingerprint density at radius 1 is 1.71 bits per heavy atom. The highest BCUT2D eigenvalue weighted by atomic mass is 35.5. The second-order valence-corrected chi connectivity index (χ2v) is 2.74. The van der Waals surface area contributed by atoms with Gasteiger partial charge in [0.25, 0.3) is 4.59 Å². The van der Waals surface area contributed by atoms with Crippen LogP contribution in [-0.4, -0.2) is 4.59 Å². The van der Waals surface area contributed by atoms with Gasteiger partial charge < -0.3 is 0 Å². The summed E-state index contributed by atoms with van der Waals surface area (Å²) in [5.74, 6) is -0.587. The zero-order chi connectivity index (χ0) is 6.08. The standard InChI is InChI=1S/C4H6Cl2F/c1-3(2)4(5,6)7/h3H,1H2,2H3. The maximum atomic E-state index is 12.0. The van der Waals surface area contributed by atoms with Crippen LogP contribution in [0.25, 0.3) is 0 Å². The van der Waals surface area contributed by atoms with Crippen LogP contribution < -0.4 is 0 Å². The van der Waals surface area contributed by atoms with E-state index in [1.807, 2.05) is 0 Å². The Balaban J connectivity index is 3.54. The lowest BCUT2D eigenvalue weighted by molar-refractivity contribution is 0.326. The zero-order valence-electron chi connectivity index (χ0n) is 3.92. The number of hydrogen-bond donors (Lipinski definition) is 0. The highest BCUT2D eigenvalue weighted by Crippen LogP contribution is 2.30. The third-order valence-electron chi connectivity index (χ3n) is 0.559. The van der Waals surface area contributed by atoms with Crippen molar-refractivity contribution >= 4 is 23.2 Å². The number of rotatable bonds is 1. The normalized spacial score (nSPS) is 12.9. The molecule has 1 unspecified atom stereocenters. The van der Waals surface area contributed by atoms with E-state index in [0.717, 1.165) is 0 Å². The summed E-state index contributed by atoms with van der Waals surface area (Å²) < 4.78 is 9.81. The Morgan fingerprint density at radius 3 is 1.86 bits per heavy atom. The molecule has 0 fully saturated rings. The van der Waals surface area contributed by atoms with E-state index in [1.165, 1.54) is 6.92 Å². The van der Waals surface area contributed by atoms with E-state index in [9.17, 15) is 4.39 Å².